The fourth-order valence-electron chi connectivity index (χ4n) is 2.51. The summed E-state index contributed by atoms with van der Waals surface area (Å²) in [4.78, 5) is 14.6. The van der Waals surface area contributed by atoms with Crippen molar-refractivity contribution in [1.29, 1.82) is 0 Å². The molecule has 0 bridgehead atoms. The fourth-order valence-corrected chi connectivity index (χ4v) is 2.51. The van der Waals surface area contributed by atoms with E-state index in [1.165, 1.54) is 0 Å². The smallest absolute Gasteiger partial charge is 0.333 e. The fraction of sp³-hybridized carbons (Fsp3) is 0.304. The molecule has 0 N–H and O–H groups in total. The molecule has 27 heavy (non-hydrogen) atoms. The summed E-state index contributed by atoms with van der Waals surface area (Å²) >= 11 is 0. The van der Waals surface area contributed by atoms with Crippen molar-refractivity contribution in [3.8, 4) is 16.9 Å². The number of hydrogen-bond donors (Lipinski definition) is 0. The molecule has 0 aliphatic carbocycles. The number of rotatable bonds is 10. The summed E-state index contributed by atoms with van der Waals surface area (Å²) in [5.74, 6) is 0.538. The van der Waals surface area contributed by atoms with Gasteiger partial charge in [-0.2, -0.15) is 0 Å². The van der Waals surface area contributed by atoms with E-state index < -0.39 is 0 Å². The second-order valence-corrected chi connectivity index (χ2v) is 6.36. The summed E-state index contributed by atoms with van der Waals surface area (Å²) in [5.41, 5.74) is 3.27. The number of carbonyl (C=O) groups excluding carboxylic acids is 1. The maximum Gasteiger partial charge on any atom is 0.333 e. The van der Waals surface area contributed by atoms with Gasteiger partial charge in [-0.25, -0.2) is 9.64 Å². The van der Waals surface area contributed by atoms with Crippen LogP contribution in [0, 0.1) is 6.57 Å². The highest BCUT2D eigenvalue weighted by Gasteiger charge is 2.02. The summed E-state index contributed by atoms with van der Waals surface area (Å²) < 4.78 is 10.8. The number of ether oxygens (including phenoxy) is 2. The predicted molar refractivity (Wildman–Crippen MR) is 108 cm³/mol. The second kappa shape index (κ2) is 10.8. The summed E-state index contributed by atoms with van der Waals surface area (Å²) in [7, 11) is 0. The van der Waals surface area contributed by atoms with Gasteiger partial charge < -0.3 is 9.47 Å². The van der Waals surface area contributed by atoms with Gasteiger partial charge in [0.25, 0.3) is 0 Å². The quantitative estimate of drug-likeness (QED) is 0.226. The van der Waals surface area contributed by atoms with Crippen LogP contribution >= 0.6 is 0 Å². The molecule has 0 amide bonds. The topological polar surface area (TPSA) is 39.9 Å². The average molecular weight is 363 g/mol. The van der Waals surface area contributed by atoms with Crippen LogP contribution in [-0.4, -0.2) is 19.2 Å². The Morgan fingerprint density at radius 2 is 1.48 bits per heavy atom. The van der Waals surface area contributed by atoms with E-state index in [2.05, 4.69) is 11.4 Å². The van der Waals surface area contributed by atoms with Crippen molar-refractivity contribution in [3.05, 3.63) is 72.1 Å². The number of nitrogens with zero attached hydrogens (tertiary/aromatic N) is 1. The molecule has 0 unspecified atom stereocenters. The molecule has 0 radical (unpaired) electrons. The van der Waals surface area contributed by atoms with Crippen LogP contribution in [0.3, 0.4) is 0 Å². The monoisotopic (exact) mass is 363 g/mol. The van der Waals surface area contributed by atoms with Crippen LogP contribution in [-0.2, 0) is 9.53 Å². The molecule has 0 aromatic heterocycles. The highest BCUT2D eigenvalue weighted by atomic mass is 16.5. The van der Waals surface area contributed by atoms with E-state index in [-0.39, 0.29) is 5.97 Å². The van der Waals surface area contributed by atoms with E-state index >= 15 is 0 Å². The third-order valence-electron chi connectivity index (χ3n) is 4.07. The Morgan fingerprint density at radius 1 is 0.926 bits per heavy atom. The Kier molecular flexibility index (Phi) is 8.12. The van der Waals surface area contributed by atoms with E-state index in [1.54, 1.807) is 6.92 Å². The van der Waals surface area contributed by atoms with Crippen LogP contribution in [0.5, 0.6) is 5.75 Å². The minimum atomic E-state index is -0.316. The van der Waals surface area contributed by atoms with Crippen LogP contribution in [0.4, 0.5) is 5.69 Å². The standard InChI is InChI=1S/C23H25NO3/c1-18(2)23(25)27-17-7-5-4-6-16-26-22-14-10-20(11-15-22)19-8-12-21(24-3)13-9-19/h8-15H,1,4-7,16-17H2,2H3. The molecule has 0 aliphatic rings. The molecule has 0 heterocycles. The number of carbonyl (C=O) groups is 1. The van der Waals surface area contributed by atoms with Gasteiger partial charge in [0.05, 0.1) is 19.8 Å². The van der Waals surface area contributed by atoms with Crippen molar-refractivity contribution in [2.75, 3.05) is 13.2 Å². The first kappa shape index (κ1) is 20.3. The number of esters is 1. The van der Waals surface area contributed by atoms with E-state index in [9.17, 15) is 4.79 Å². The van der Waals surface area contributed by atoms with Crippen molar-refractivity contribution >= 4 is 11.7 Å². The lowest BCUT2D eigenvalue weighted by atomic mass is 10.1. The molecular weight excluding hydrogens is 338 g/mol. The van der Waals surface area contributed by atoms with Crippen molar-refractivity contribution < 1.29 is 14.3 Å². The first-order valence-electron chi connectivity index (χ1n) is 9.13. The van der Waals surface area contributed by atoms with Crippen LogP contribution in [0.2, 0.25) is 0 Å². The van der Waals surface area contributed by atoms with Crippen molar-refractivity contribution in [2.45, 2.75) is 32.6 Å². The minimum absolute atomic E-state index is 0.316. The average Bonchev–Trinajstić information content (AvgIpc) is 2.70. The number of hydrogen-bond acceptors (Lipinski definition) is 3. The Bertz CT molecular complexity index is 786. The van der Waals surface area contributed by atoms with Crippen LogP contribution in [0.25, 0.3) is 16.0 Å². The zero-order valence-electron chi connectivity index (χ0n) is 15.7. The molecule has 0 saturated heterocycles. The maximum atomic E-state index is 11.2. The van der Waals surface area contributed by atoms with Gasteiger partial charge in [0.15, 0.2) is 5.69 Å². The van der Waals surface area contributed by atoms with Gasteiger partial charge >= 0.3 is 5.97 Å². The summed E-state index contributed by atoms with van der Waals surface area (Å²) in [6, 6.07) is 15.5. The Morgan fingerprint density at radius 3 is 2.04 bits per heavy atom. The molecule has 0 saturated carbocycles. The summed E-state index contributed by atoms with van der Waals surface area (Å²) in [6.07, 6.45) is 3.87. The molecular formula is C23H25NO3. The van der Waals surface area contributed by atoms with Gasteiger partial charge in [0.1, 0.15) is 5.75 Å². The van der Waals surface area contributed by atoms with Gasteiger partial charge in [-0.05, 0) is 55.9 Å². The zero-order chi connectivity index (χ0) is 19.5. The van der Waals surface area contributed by atoms with E-state index in [1.807, 2.05) is 48.5 Å². The summed E-state index contributed by atoms with van der Waals surface area (Å²) in [5, 5.41) is 0. The van der Waals surface area contributed by atoms with Crippen molar-refractivity contribution in [2.24, 2.45) is 0 Å². The zero-order valence-corrected chi connectivity index (χ0v) is 15.7. The van der Waals surface area contributed by atoms with Gasteiger partial charge in [0, 0.05) is 5.57 Å². The Labute approximate surface area is 161 Å². The normalized spacial score (nSPS) is 10.1. The molecule has 2 aromatic rings. The predicted octanol–water partition coefficient (Wildman–Crippen LogP) is 5.96. The SMILES string of the molecule is [C-]#[N+]c1ccc(-c2ccc(OCCCCCCOC(=O)C(=C)C)cc2)cc1. The molecule has 140 valence electrons. The van der Waals surface area contributed by atoms with Gasteiger partial charge in [0.2, 0.25) is 0 Å². The molecule has 4 heteroatoms. The molecule has 4 nitrogen and oxygen atoms in total. The molecule has 2 rings (SSSR count). The third kappa shape index (κ3) is 6.99. The third-order valence-corrected chi connectivity index (χ3v) is 4.07. The highest BCUT2D eigenvalue weighted by Crippen LogP contribution is 2.24. The van der Waals surface area contributed by atoms with E-state index in [0.717, 1.165) is 42.6 Å². The van der Waals surface area contributed by atoms with E-state index in [4.69, 9.17) is 16.0 Å². The number of benzene rings is 2. The largest absolute Gasteiger partial charge is 0.494 e. The molecule has 0 atom stereocenters. The van der Waals surface area contributed by atoms with Crippen LogP contribution in [0.15, 0.2) is 60.7 Å². The minimum Gasteiger partial charge on any atom is -0.494 e. The lowest BCUT2D eigenvalue weighted by molar-refractivity contribution is -0.139. The lowest BCUT2D eigenvalue weighted by Crippen LogP contribution is -2.06. The second-order valence-electron chi connectivity index (χ2n) is 6.36. The Hall–Kier alpha value is -3.06. The summed E-state index contributed by atoms with van der Waals surface area (Å²) in [6.45, 7) is 13.3. The molecule has 0 aliphatic heterocycles. The van der Waals surface area contributed by atoms with Gasteiger partial charge in [-0.3, -0.25) is 0 Å². The first-order chi connectivity index (χ1) is 13.1. The highest BCUT2D eigenvalue weighted by molar-refractivity contribution is 5.86. The molecule has 2 aromatic carbocycles. The van der Waals surface area contributed by atoms with E-state index in [0.29, 0.717) is 24.5 Å². The van der Waals surface area contributed by atoms with Gasteiger partial charge in [-0.1, -0.05) is 43.0 Å². The number of unbranched alkanes of at least 4 members (excludes halogenated alkanes) is 3. The van der Waals surface area contributed by atoms with Crippen molar-refractivity contribution in [3.63, 3.8) is 0 Å². The lowest BCUT2D eigenvalue weighted by Gasteiger charge is -2.08. The van der Waals surface area contributed by atoms with Crippen LogP contribution < -0.4 is 4.74 Å². The molecule has 0 spiro atoms. The Balaban J connectivity index is 1.63. The maximum absolute atomic E-state index is 11.2. The van der Waals surface area contributed by atoms with Crippen LogP contribution in [0.1, 0.15) is 32.6 Å². The first-order valence-corrected chi connectivity index (χ1v) is 9.13. The van der Waals surface area contributed by atoms with Gasteiger partial charge in [-0.15, -0.1) is 0 Å². The molecule has 0 fully saturated rings. The van der Waals surface area contributed by atoms with Crippen molar-refractivity contribution in [1.82, 2.24) is 0 Å².